The van der Waals surface area contributed by atoms with Crippen LogP contribution in [-0.2, 0) is 13.1 Å². The average molecular weight is 330 g/mol. The summed E-state index contributed by atoms with van der Waals surface area (Å²) in [5, 5.41) is 8.60. The Morgan fingerprint density at radius 3 is 2.28 bits per heavy atom. The van der Waals surface area contributed by atoms with Crippen molar-refractivity contribution in [1.82, 2.24) is 25.0 Å². The van der Waals surface area contributed by atoms with Crippen LogP contribution in [0.3, 0.4) is 0 Å². The third kappa shape index (κ3) is 3.19. The van der Waals surface area contributed by atoms with Gasteiger partial charge < -0.3 is 4.90 Å². The van der Waals surface area contributed by atoms with E-state index in [2.05, 4.69) is 49.4 Å². The lowest BCUT2D eigenvalue weighted by atomic mass is 10.2. The summed E-state index contributed by atoms with van der Waals surface area (Å²) >= 11 is 0. The van der Waals surface area contributed by atoms with Gasteiger partial charge in [-0.15, -0.1) is 5.10 Å². The smallest absolute Gasteiger partial charge is 0.184 e. The van der Waals surface area contributed by atoms with Gasteiger partial charge in [-0.05, 0) is 11.1 Å². The third-order valence-corrected chi connectivity index (χ3v) is 4.08. The first kappa shape index (κ1) is 15.3. The summed E-state index contributed by atoms with van der Waals surface area (Å²) in [6.45, 7) is 1.38. The van der Waals surface area contributed by atoms with E-state index < -0.39 is 0 Å². The van der Waals surface area contributed by atoms with E-state index in [1.54, 1.807) is 6.33 Å². The SMILES string of the molecule is CN(Cc1ccccc1)c1ncnc2c1nnn2Cc1ccccc1. The summed E-state index contributed by atoms with van der Waals surface area (Å²) in [7, 11) is 2.00. The zero-order chi connectivity index (χ0) is 17.1. The molecule has 6 nitrogen and oxygen atoms in total. The minimum absolute atomic E-state index is 0.635. The van der Waals surface area contributed by atoms with Crippen LogP contribution in [0.15, 0.2) is 67.0 Å². The molecule has 0 saturated heterocycles. The maximum absolute atomic E-state index is 4.42. The number of hydrogen-bond acceptors (Lipinski definition) is 5. The van der Waals surface area contributed by atoms with Crippen LogP contribution in [0.4, 0.5) is 5.82 Å². The first-order chi connectivity index (χ1) is 12.3. The van der Waals surface area contributed by atoms with Crippen LogP contribution in [0.5, 0.6) is 0 Å². The van der Waals surface area contributed by atoms with E-state index >= 15 is 0 Å². The fourth-order valence-corrected chi connectivity index (χ4v) is 2.85. The van der Waals surface area contributed by atoms with E-state index in [4.69, 9.17) is 0 Å². The Morgan fingerprint density at radius 2 is 1.56 bits per heavy atom. The molecule has 6 heteroatoms. The fourth-order valence-electron chi connectivity index (χ4n) is 2.85. The normalized spacial score (nSPS) is 10.9. The molecule has 124 valence electrons. The first-order valence-corrected chi connectivity index (χ1v) is 8.14. The van der Waals surface area contributed by atoms with Crippen molar-refractivity contribution < 1.29 is 0 Å². The number of nitrogens with zero attached hydrogens (tertiary/aromatic N) is 6. The van der Waals surface area contributed by atoms with Gasteiger partial charge in [0.2, 0.25) is 0 Å². The van der Waals surface area contributed by atoms with Crippen molar-refractivity contribution in [3.05, 3.63) is 78.1 Å². The molecule has 2 aromatic heterocycles. The molecule has 0 aliphatic heterocycles. The Labute approximate surface area is 145 Å². The van der Waals surface area contributed by atoms with E-state index in [-0.39, 0.29) is 0 Å². The fraction of sp³-hybridized carbons (Fsp3) is 0.158. The average Bonchev–Trinajstić information content (AvgIpc) is 3.06. The standard InChI is InChI=1S/C19H18N6/c1-24(12-15-8-4-2-5-9-15)18-17-19(21-14-20-18)25(23-22-17)13-16-10-6-3-7-11-16/h2-11,14H,12-13H2,1H3. The molecule has 0 fully saturated rings. The van der Waals surface area contributed by atoms with Crippen molar-refractivity contribution in [1.29, 1.82) is 0 Å². The summed E-state index contributed by atoms with van der Waals surface area (Å²) in [5.41, 5.74) is 3.84. The third-order valence-electron chi connectivity index (χ3n) is 4.08. The molecule has 0 spiro atoms. The van der Waals surface area contributed by atoms with Crippen LogP contribution in [0, 0.1) is 0 Å². The second-order valence-corrected chi connectivity index (χ2v) is 5.94. The van der Waals surface area contributed by atoms with Crippen LogP contribution in [0.2, 0.25) is 0 Å². The van der Waals surface area contributed by atoms with Gasteiger partial charge in [0, 0.05) is 13.6 Å². The quantitative estimate of drug-likeness (QED) is 0.563. The van der Waals surface area contributed by atoms with Crippen LogP contribution >= 0.6 is 0 Å². The molecule has 25 heavy (non-hydrogen) atoms. The highest BCUT2D eigenvalue weighted by atomic mass is 15.4. The van der Waals surface area contributed by atoms with Gasteiger partial charge in [-0.2, -0.15) is 0 Å². The summed E-state index contributed by atoms with van der Waals surface area (Å²) in [6, 6.07) is 20.5. The van der Waals surface area contributed by atoms with Crippen LogP contribution < -0.4 is 4.90 Å². The van der Waals surface area contributed by atoms with Crippen LogP contribution in [-0.4, -0.2) is 32.0 Å². The molecule has 4 aromatic rings. The molecule has 0 aliphatic rings. The largest absolute Gasteiger partial charge is 0.353 e. The predicted octanol–water partition coefficient (Wildman–Crippen LogP) is 2.91. The maximum Gasteiger partial charge on any atom is 0.184 e. The van der Waals surface area contributed by atoms with Crippen molar-refractivity contribution in [2.45, 2.75) is 13.1 Å². The van der Waals surface area contributed by atoms with Gasteiger partial charge in [0.05, 0.1) is 6.54 Å². The van der Waals surface area contributed by atoms with E-state index in [0.29, 0.717) is 6.54 Å². The number of anilines is 1. The molecule has 0 bridgehead atoms. The zero-order valence-corrected chi connectivity index (χ0v) is 13.9. The van der Waals surface area contributed by atoms with Gasteiger partial charge in [-0.1, -0.05) is 65.9 Å². The van der Waals surface area contributed by atoms with Crippen molar-refractivity contribution in [3.8, 4) is 0 Å². The molecule has 0 unspecified atom stereocenters. The molecule has 0 atom stereocenters. The van der Waals surface area contributed by atoms with Gasteiger partial charge in [0.25, 0.3) is 0 Å². The molecule has 2 heterocycles. The molecule has 4 rings (SSSR count). The van der Waals surface area contributed by atoms with Gasteiger partial charge in [0.15, 0.2) is 17.0 Å². The minimum atomic E-state index is 0.635. The lowest BCUT2D eigenvalue weighted by molar-refractivity contribution is 0.664. The van der Waals surface area contributed by atoms with E-state index in [9.17, 15) is 0 Å². The van der Waals surface area contributed by atoms with Gasteiger partial charge in [-0.3, -0.25) is 0 Å². The highest BCUT2D eigenvalue weighted by Crippen LogP contribution is 2.21. The molecule has 0 amide bonds. The topological polar surface area (TPSA) is 59.7 Å². The Morgan fingerprint density at radius 1 is 0.880 bits per heavy atom. The van der Waals surface area contributed by atoms with Crippen molar-refractivity contribution in [2.24, 2.45) is 0 Å². The maximum atomic E-state index is 4.42. The molecule has 0 N–H and O–H groups in total. The van der Waals surface area contributed by atoms with Crippen LogP contribution in [0.25, 0.3) is 11.2 Å². The Bertz CT molecular complexity index is 965. The molecule has 0 radical (unpaired) electrons. The van der Waals surface area contributed by atoms with E-state index in [1.165, 1.54) is 5.56 Å². The number of aromatic nitrogens is 5. The summed E-state index contributed by atoms with van der Waals surface area (Å²) in [5.74, 6) is 0.785. The Hall–Kier alpha value is -3.28. The monoisotopic (exact) mass is 330 g/mol. The Kier molecular flexibility index (Phi) is 4.08. The number of rotatable bonds is 5. The Balaban J connectivity index is 1.64. The van der Waals surface area contributed by atoms with Gasteiger partial charge >= 0.3 is 0 Å². The zero-order valence-electron chi connectivity index (χ0n) is 13.9. The molecule has 2 aromatic carbocycles. The summed E-state index contributed by atoms with van der Waals surface area (Å²) < 4.78 is 1.81. The summed E-state index contributed by atoms with van der Waals surface area (Å²) in [6.07, 6.45) is 1.57. The number of hydrogen-bond donors (Lipinski definition) is 0. The molecule has 0 aliphatic carbocycles. The van der Waals surface area contributed by atoms with Gasteiger partial charge in [0.1, 0.15) is 6.33 Å². The van der Waals surface area contributed by atoms with Crippen molar-refractivity contribution in [2.75, 3.05) is 11.9 Å². The van der Waals surface area contributed by atoms with Crippen molar-refractivity contribution in [3.63, 3.8) is 0 Å². The highest BCUT2D eigenvalue weighted by Gasteiger charge is 2.15. The van der Waals surface area contributed by atoms with Gasteiger partial charge in [-0.25, -0.2) is 14.6 Å². The molecular formula is C19H18N6. The minimum Gasteiger partial charge on any atom is -0.353 e. The molecule has 0 saturated carbocycles. The van der Waals surface area contributed by atoms with E-state index in [0.717, 1.165) is 29.1 Å². The lowest BCUT2D eigenvalue weighted by Gasteiger charge is -2.17. The lowest BCUT2D eigenvalue weighted by Crippen LogP contribution is -2.18. The second-order valence-electron chi connectivity index (χ2n) is 5.94. The van der Waals surface area contributed by atoms with Crippen LogP contribution in [0.1, 0.15) is 11.1 Å². The van der Waals surface area contributed by atoms with Crippen molar-refractivity contribution >= 4 is 17.0 Å². The number of fused-ring (bicyclic) bond motifs is 1. The number of benzene rings is 2. The predicted molar refractivity (Wildman–Crippen MR) is 97.2 cm³/mol. The first-order valence-electron chi connectivity index (χ1n) is 8.14. The van der Waals surface area contributed by atoms with E-state index in [1.807, 2.05) is 48.1 Å². The highest BCUT2D eigenvalue weighted by molar-refractivity contribution is 5.82. The second kappa shape index (κ2) is 6.68. The summed E-state index contributed by atoms with van der Waals surface area (Å²) in [4.78, 5) is 10.9. The molecular weight excluding hydrogens is 312 g/mol.